The minimum atomic E-state index is -0.465. The first-order valence-electron chi connectivity index (χ1n) is 5.69. The number of benzene rings is 2. The first kappa shape index (κ1) is 12.7. The van der Waals surface area contributed by atoms with Gasteiger partial charge in [0.05, 0.1) is 5.56 Å². The first-order chi connectivity index (χ1) is 8.72. The maximum Gasteiger partial charge on any atom is 0.142 e. The van der Waals surface area contributed by atoms with Crippen molar-refractivity contribution in [2.24, 2.45) is 0 Å². The van der Waals surface area contributed by atoms with Crippen LogP contribution in [0, 0.1) is 17.1 Å². The second kappa shape index (κ2) is 5.70. The highest BCUT2D eigenvalue weighted by molar-refractivity contribution is 7.99. The van der Waals surface area contributed by atoms with Crippen LogP contribution >= 0.6 is 11.8 Å². The van der Waals surface area contributed by atoms with Crippen molar-refractivity contribution >= 4 is 11.8 Å². The van der Waals surface area contributed by atoms with Gasteiger partial charge in [-0.3, -0.25) is 0 Å². The molecular weight excluding hydrogens is 245 g/mol. The minimum absolute atomic E-state index is 0.0840. The highest BCUT2D eigenvalue weighted by Gasteiger charge is 2.04. The van der Waals surface area contributed by atoms with Gasteiger partial charge in [-0.2, -0.15) is 5.26 Å². The lowest BCUT2D eigenvalue weighted by Crippen LogP contribution is -1.84. The predicted molar refractivity (Wildman–Crippen MR) is 71.1 cm³/mol. The second-order valence-electron chi connectivity index (χ2n) is 3.85. The summed E-state index contributed by atoms with van der Waals surface area (Å²) in [5.74, 6) is -0.465. The molecule has 0 aromatic heterocycles. The van der Waals surface area contributed by atoms with Crippen LogP contribution in [0.4, 0.5) is 4.39 Å². The van der Waals surface area contributed by atoms with Gasteiger partial charge in [-0.1, -0.05) is 30.8 Å². The molecule has 0 aliphatic carbocycles. The van der Waals surface area contributed by atoms with E-state index in [1.807, 2.05) is 18.2 Å². The summed E-state index contributed by atoms with van der Waals surface area (Å²) in [5.41, 5.74) is 1.37. The van der Waals surface area contributed by atoms with E-state index in [0.29, 0.717) is 0 Å². The lowest BCUT2D eigenvalue weighted by Gasteiger charge is -2.03. The number of rotatable bonds is 3. The largest absolute Gasteiger partial charge is 0.206 e. The van der Waals surface area contributed by atoms with Crippen molar-refractivity contribution in [1.29, 1.82) is 5.26 Å². The van der Waals surface area contributed by atoms with Gasteiger partial charge in [0.1, 0.15) is 11.9 Å². The maximum absolute atomic E-state index is 13.4. The molecule has 0 spiro atoms. The zero-order valence-corrected chi connectivity index (χ0v) is 10.8. The van der Waals surface area contributed by atoms with E-state index in [9.17, 15) is 4.39 Å². The van der Waals surface area contributed by atoms with Gasteiger partial charge in [-0.05, 0) is 42.3 Å². The van der Waals surface area contributed by atoms with Crippen molar-refractivity contribution in [2.75, 3.05) is 0 Å². The second-order valence-corrected chi connectivity index (χ2v) is 5.00. The van der Waals surface area contributed by atoms with Gasteiger partial charge in [0.2, 0.25) is 0 Å². The Hall–Kier alpha value is -1.79. The number of hydrogen-bond donors (Lipinski definition) is 0. The summed E-state index contributed by atoms with van der Waals surface area (Å²) in [5, 5.41) is 8.66. The fourth-order valence-corrected chi connectivity index (χ4v) is 2.42. The molecule has 0 aliphatic heterocycles. The standard InChI is InChI=1S/C15H12FNS/c1-2-11-3-6-13(7-4-11)18-14-8-5-12(10-17)15(16)9-14/h3-9H,2H2,1H3. The van der Waals surface area contributed by atoms with Crippen LogP contribution in [0.3, 0.4) is 0 Å². The van der Waals surface area contributed by atoms with Crippen molar-refractivity contribution in [2.45, 2.75) is 23.1 Å². The van der Waals surface area contributed by atoms with E-state index in [-0.39, 0.29) is 5.56 Å². The molecule has 0 atom stereocenters. The molecule has 0 saturated heterocycles. The van der Waals surface area contributed by atoms with Gasteiger partial charge in [0.25, 0.3) is 0 Å². The van der Waals surface area contributed by atoms with Crippen LogP contribution in [0.15, 0.2) is 52.3 Å². The van der Waals surface area contributed by atoms with Gasteiger partial charge in [-0.15, -0.1) is 0 Å². The van der Waals surface area contributed by atoms with Crippen LogP contribution in [-0.2, 0) is 6.42 Å². The van der Waals surface area contributed by atoms with Gasteiger partial charge in [-0.25, -0.2) is 4.39 Å². The molecule has 90 valence electrons. The Morgan fingerprint density at radius 2 is 1.78 bits per heavy atom. The van der Waals surface area contributed by atoms with E-state index < -0.39 is 5.82 Å². The van der Waals surface area contributed by atoms with E-state index in [2.05, 4.69) is 19.1 Å². The number of aryl methyl sites for hydroxylation is 1. The van der Waals surface area contributed by atoms with Crippen LogP contribution in [0.5, 0.6) is 0 Å². The molecular formula is C15H12FNS. The number of halogens is 1. The predicted octanol–water partition coefficient (Wildman–Crippen LogP) is 4.41. The topological polar surface area (TPSA) is 23.8 Å². The van der Waals surface area contributed by atoms with E-state index in [0.717, 1.165) is 16.2 Å². The molecule has 0 N–H and O–H groups in total. The molecule has 3 heteroatoms. The molecule has 0 aliphatic rings. The summed E-state index contributed by atoms with van der Waals surface area (Å²) >= 11 is 1.49. The molecule has 0 fully saturated rings. The Labute approximate surface area is 110 Å². The maximum atomic E-state index is 13.4. The molecule has 1 nitrogen and oxygen atoms in total. The summed E-state index contributed by atoms with van der Waals surface area (Å²) in [4.78, 5) is 1.87. The Balaban J connectivity index is 2.18. The van der Waals surface area contributed by atoms with Gasteiger partial charge < -0.3 is 0 Å². The van der Waals surface area contributed by atoms with E-state index in [1.54, 1.807) is 6.07 Å². The van der Waals surface area contributed by atoms with Crippen molar-refractivity contribution < 1.29 is 4.39 Å². The minimum Gasteiger partial charge on any atom is -0.206 e. The molecule has 2 aromatic rings. The van der Waals surface area contributed by atoms with Gasteiger partial charge >= 0.3 is 0 Å². The van der Waals surface area contributed by atoms with Crippen molar-refractivity contribution in [3.63, 3.8) is 0 Å². The highest BCUT2D eigenvalue weighted by atomic mass is 32.2. The third kappa shape index (κ3) is 2.91. The van der Waals surface area contributed by atoms with Crippen LogP contribution in [-0.4, -0.2) is 0 Å². The summed E-state index contributed by atoms with van der Waals surface area (Å²) in [6.45, 7) is 2.11. The lowest BCUT2D eigenvalue weighted by molar-refractivity contribution is 0.620. The lowest BCUT2D eigenvalue weighted by atomic mass is 10.2. The SMILES string of the molecule is CCc1ccc(Sc2ccc(C#N)c(F)c2)cc1. The molecule has 0 bridgehead atoms. The third-order valence-electron chi connectivity index (χ3n) is 2.63. The number of nitriles is 1. The number of nitrogens with zero attached hydrogens (tertiary/aromatic N) is 1. The highest BCUT2D eigenvalue weighted by Crippen LogP contribution is 2.28. The van der Waals surface area contributed by atoms with Crippen LogP contribution < -0.4 is 0 Å². The van der Waals surface area contributed by atoms with Crippen molar-refractivity contribution in [1.82, 2.24) is 0 Å². The molecule has 0 radical (unpaired) electrons. The molecule has 2 aromatic carbocycles. The fraction of sp³-hybridized carbons (Fsp3) is 0.133. The average molecular weight is 257 g/mol. The first-order valence-corrected chi connectivity index (χ1v) is 6.51. The van der Waals surface area contributed by atoms with E-state index in [4.69, 9.17) is 5.26 Å². The van der Waals surface area contributed by atoms with E-state index in [1.165, 1.54) is 29.5 Å². The van der Waals surface area contributed by atoms with Gasteiger partial charge in [0.15, 0.2) is 0 Å². The monoisotopic (exact) mass is 257 g/mol. The quantitative estimate of drug-likeness (QED) is 0.813. The molecule has 0 unspecified atom stereocenters. The molecule has 0 heterocycles. The number of hydrogen-bond acceptors (Lipinski definition) is 2. The van der Waals surface area contributed by atoms with Gasteiger partial charge in [0, 0.05) is 9.79 Å². The fourth-order valence-electron chi connectivity index (χ4n) is 1.58. The normalized spacial score (nSPS) is 10.1. The zero-order chi connectivity index (χ0) is 13.0. The summed E-state index contributed by atoms with van der Waals surface area (Å²) < 4.78 is 13.4. The smallest absolute Gasteiger partial charge is 0.142 e. The Morgan fingerprint density at radius 1 is 1.11 bits per heavy atom. The summed E-state index contributed by atoms with van der Waals surface area (Å²) in [6.07, 6.45) is 1.01. The van der Waals surface area contributed by atoms with E-state index >= 15 is 0 Å². The van der Waals surface area contributed by atoms with Crippen LogP contribution in [0.25, 0.3) is 0 Å². The zero-order valence-electron chi connectivity index (χ0n) is 9.98. The molecule has 0 saturated carbocycles. The molecule has 18 heavy (non-hydrogen) atoms. The van der Waals surface area contributed by atoms with Crippen LogP contribution in [0.2, 0.25) is 0 Å². The average Bonchev–Trinajstić information content (AvgIpc) is 2.40. The molecule has 0 amide bonds. The van der Waals surface area contributed by atoms with Crippen molar-refractivity contribution in [3.05, 3.63) is 59.4 Å². The summed E-state index contributed by atoms with van der Waals surface area (Å²) in [7, 11) is 0. The molecule has 2 rings (SSSR count). The van der Waals surface area contributed by atoms with Crippen LogP contribution in [0.1, 0.15) is 18.1 Å². The Morgan fingerprint density at radius 3 is 2.33 bits per heavy atom. The Bertz CT molecular complexity index is 584. The third-order valence-corrected chi connectivity index (χ3v) is 3.63. The summed E-state index contributed by atoms with van der Waals surface area (Å²) in [6, 6.07) is 14.7. The van der Waals surface area contributed by atoms with Crippen molar-refractivity contribution in [3.8, 4) is 6.07 Å². The Kier molecular flexibility index (Phi) is 4.01.